The molecule has 0 radical (unpaired) electrons. The fourth-order valence-electron chi connectivity index (χ4n) is 0.372. The number of halogens is 1. The highest BCUT2D eigenvalue weighted by Crippen LogP contribution is 1.83. The lowest BCUT2D eigenvalue weighted by Crippen LogP contribution is -1.92. The zero-order valence-electron chi connectivity index (χ0n) is 6.16. The van der Waals surface area contributed by atoms with Crippen molar-refractivity contribution in [2.45, 2.75) is 0 Å². The van der Waals surface area contributed by atoms with Crippen molar-refractivity contribution >= 4 is 17.6 Å². The Bertz CT molecular complexity index is 192. The van der Waals surface area contributed by atoms with Gasteiger partial charge in [-0.15, -0.1) is 0 Å². The van der Waals surface area contributed by atoms with E-state index in [2.05, 4.69) is 4.74 Å². The Kier molecular flexibility index (Phi) is 6.43. The average molecular weight is 173 g/mol. The number of hydrogen-bond acceptors (Lipinski definition) is 2. The number of carbonyl (C=O) groups excluding carboxylic acids is 1. The highest BCUT2D eigenvalue weighted by molar-refractivity contribution is 6.25. The summed E-state index contributed by atoms with van der Waals surface area (Å²) in [5.41, 5.74) is 1.38. The first-order chi connectivity index (χ1) is 5.31. The van der Waals surface area contributed by atoms with E-state index in [4.69, 9.17) is 11.6 Å². The molecule has 60 valence electrons. The molecule has 0 aromatic carbocycles. The summed E-state index contributed by atoms with van der Waals surface area (Å²) in [6.07, 6.45) is 7.91. The first-order valence-electron chi connectivity index (χ1n) is 2.99. The lowest BCUT2D eigenvalue weighted by molar-refractivity contribution is -0.134. The Labute approximate surface area is 70.8 Å². The lowest BCUT2D eigenvalue weighted by atomic mass is 10.4. The fraction of sp³-hybridized carbons (Fsp3) is 0.125. The predicted molar refractivity (Wildman–Crippen MR) is 45.3 cm³/mol. The van der Waals surface area contributed by atoms with E-state index < -0.39 is 0 Å². The van der Waals surface area contributed by atoms with Gasteiger partial charge < -0.3 is 4.74 Å². The van der Waals surface area contributed by atoms with Gasteiger partial charge in [-0.05, 0) is 0 Å². The van der Waals surface area contributed by atoms with Crippen LogP contribution in [0.2, 0.25) is 0 Å². The van der Waals surface area contributed by atoms with Crippen LogP contribution < -0.4 is 0 Å². The SMILES string of the molecule is COC(=O)/C=C/C=C/C=C\Cl. The molecular formula is C8H9ClO2. The first-order valence-corrected chi connectivity index (χ1v) is 3.43. The molecule has 0 saturated carbocycles. The molecular weight excluding hydrogens is 164 g/mol. The zero-order chi connectivity index (χ0) is 8.53. The number of esters is 1. The van der Waals surface area contributed by atoms with Crippen LogP contribution in [-0.2, 0) is 9.53 Å². The number of ether oxygens (including phenoxy) is 1. The van der Waals surface area contributed by atoms with E-state index in [9.17, 15) is 4.79 Å². The number of carbonyl (C=O) groups is 1. The van der Waals surface area contributed by atoms with Crippen LogP contribution >= 0.6 is 11.6 Å². The summed E-state index contributed by atoms with van der Waals surface area (Å²) in [6.45, 7) is 0. The van der Waals surface area contributed by atoms with Crippen LogP contribution in [0.4, 0.5) is 0 Å². The third-order valence-electron chi connectivity index (χ3n) is 0.840. The smallest absolute Gasteiger partial charge is 0.330 e. The van der Waals surface area contributed by atoms with E-state index in [1.807, 2.05) is 0 Å². The van der Waals surface area contributed by atoms with E-state index >= 15 is 0 Å². The second-order valence-corrected chi connectivity index (χ2v) is 1.84. The molecule has 0 atom stereocenters. The minimum atomic E-state index is -0.371. The van der Waals surface area contributed by atoms with E-state index in [0.717, 1.165) is 0 Å². The Morgan fingerprint density at radius 3 is 2.45 bits per heavy atom. The Hall–Kier alpha value is -1.02. The second-order valence-electron chi connectivity index (χ2n) is 1.59. The number of methoxy groups -OCH3 is 1. The molecule has 0 N–H and O–H groups in total. The van der Waals surface area contributed by atoms with Gasteiger partial charge in [-0.2, -0.15) is 0 Å². The standard InChI is InChI=1S/C8H9ClO2/c1-11-8(10)6-4-2-3-5-7-9/h2-7H,1H3/b3-2+,6-4+,7-5-. The molecule has 0 aromatic rings. The van der Waals surface area contributed by atoms with Crippen LogP contribution in [0.1, 0.15) is 0 Å². The molecule has 0 heterocycles. The van der Waals surface area contributed by atoms with Crippen molar-refractivity contribution in [3.8, 4) is 0 Å². The van der Waals surface area contributed by atoms with Crippen molar-refractivity contribution in [2.75, 3.05) is 7.11 Å². The normalized spacial score (nSPS) is 11.8. The topological polar surface area (TPSA) is 26.3 Å². The van der Waals surface area contributed by atoms with Crippen LogP contribution in [0.15, 0.2) is 35.9 Å². The molecule has 0 spiro atoms. The minimum absolute atomic E-state index is 0.371. The maximum Gasteiger partial charge on any atom is 0.330 e. The summed E-state index contributed by atoms with van der Waals surface area (Å²) in [4.78, 5) is 10.5. The third kappa shape index (κ3) is 6.87. The largest absolute Gasteiger partial charge is 0.466 e. The van der Waals surface area contributed by atoms with Gasteiger partial charge in [-0.25, -0.2) is 4.79 Å². The van der Waals surface area contributed by atoms with Crippen molar-refractivity contribution < 1.29 is 9.53 Å². The fourth-order valence-corrected chi connectivity index (χ4v) is 0.456. The van der Waals surface area contributed by atoms with Gasteiger partial charge in [-0.3, -0.25) is 0 Å². The predicted octanol–water partition coefficient (Wildman–Crippen LogP) is 2.02. The summed E-state index contributed by atoms with van der Waals surface area (Å²) < 4.78 is 4.35. The molecule has 0 unspecified atom stereocenters. The van der Waals surface area contributed by atoms with E-state index in [1.165, 1.54) is 18.7 Å². The molecule has 0 aliphatic carbocycles. The van der Waals surface area contributed by atoms with Gasteiger partial charge in [-0.1, -0.05) is 35.9 Å². The van der Waals surface area contributed by atoms with Crippen molar-refractivity contribution in [1.29, 1.82) is 0 Å². The van der Waals surface area contributed by atoms with Gasteiger partial charge in [0, 0.05) is 11.6 Å². The summed E-state index contributed by atoms with van der Waals surface area (Å²) in [6, 6.07) is 0. The summed E-state index contributed by atoms with van der Waals surface area (Å²) in [5.74, 6) is -0.371. The van der Waals surface area contributed by atoms with Crippen LogP contribution in [0.3, 0.4) is 0 Å². The van der Waals surface area contributed by atoms with Crippen molar-refractivity contribution in [1.82, 2.24) is 0 Å². The Morgan fingerprint density at radius 1 is 1.27 bits per heavy atom. The van der Waals surface area contributed by atoms with Crippen LogP contribution in [0.25, 0.3) is 0 Å². The minimum Gasteiger partial charge on any atom is -0.466 e. The van der Waals surface area contributed by atoms with Gasteiger partial charge in [0.15, 0.2) is 0 Å². The number of rotatable bonds is 3. The van der Waals surface area contributed by atoms with Gasteiger partial charge in [0.25, 0.3) is 0 Å². The molecule has 0 bridgehead atoms. The van der Waals surface area contributed by atoms with Crippen LogP contribution in [0, 0.1) is 0 Å². The van der Waals surface area contributed by atoms with Crippen LogP contribution in [0.5, 0.6) is 0 Å². The number of hydrogen-bond donors (Lipinski definition) is 0. The maximum atomic E-state index is 10.5. The third-order valence-corrected chi connectivity index (χ3v) is 0.985. The maximum absolute atomic E-state index is 10.5. The van der Waals surface area contributed by atoms with Gasteiger partial charge in [0.1, 0.15) is 0 Å². The van der Waals surface area contributed by atoms with Gasteiger partial charge in [0.05, 0.1) is 7.11 Å². The molecule has 0 aliphatic heterocycles. The number of allylic oxidation sites excluding steroid dienone is 4. The molecule has 0 aromatic heterocycles. The molecule has 0 aliphatic rings. The second kappa shape index (κ2) is 7.09. The average Bonchev–Trinajstić information content (AvgIpc) is 2.04. The van der Waals surface area contributed by atoms with E-state index in [-0.39, 0.29) is 5.97 Å². The Morgan fingerprint density at radius 2 is 1.91 bits per heavy atom. The molecule has 0 amide bonds. The van der Waals surface area contributed by atoms with E-state index in [0.29, 0.717) is 0 Å². The quantitative estimate of drug-likeness (QED) is 0.370. The molecule has 0 rings (SSSR count). The summed E-state index contributed by atoms with van der Waals surface area (Å²) in [7, 11) is 1.33. The molecule has 3 heteroatoms. The monoisotopic (exact) mass is 172 g/mol. The molecule has 0 saturated heterocycles. The van der Waals surface area contributed by atoms with Crippen molar-refractivity contribution in [3.05, 3.63) is 35.9 Å². The van der Waals surface area contributed by atoms with Crippen LogP contribution in [-0.4, -0.2) is 13.1 Å². The molecule has 0 fully saturated rings. The summed E-state index contributed by atoms with van der Waals surface area (Å²) in [5, 5.41) is 0. The van der Waals surface area contributed by atoms with E-state index in [1.54, 1.807) is 24.3 Å². The van der Waals surface area contributed by atoms with Crippen molar-refractivity contribution in [3.63, 3.8) is 0 Å². The highest BCUT2D eigenvalue weighted by Gasteiger charge is 1.85. The lowest BCUT2D eigenvalue weighted by Gasteiger charge is -1.85. The Balaban J connectivity index is 3.68. The molecule has 11 heavy (non-hydrogen) atoms. The first kappa shape index (κ1) is 9.98. The molecule has 2 nitrogen and oxygen atoms in total. The van der Waals surface area contributed by atoms with Gasteiger partial charge in [0.2, 0.25) is 0 Å². The summed E-state index contributed by atoms with van der Waals surface area (Å²) >= 11 is 5.22. The zero-order valence-corrected chi connectivity index (χ0v) is 6.91. The van der Waals surface area contributed by atoms with Crippen molar-refractivity contribution in [2.24, 2.45) is 0 Å². The highest BCUT2D eigenvalue weighted by atomic mass is 35.5. The van der Waals surface area contributed by atoms with Gasteiger partial charge >= 0.3 is 5.97 Å².